The van der Waals surface area contributed by atoms with Crippen LogP contribution in [-0.4, -0.2) is 24.8 Å². The standard InChI is InChI=1S/C13H16N4O3S/c1-8-4-5-10(17(19)20)6-11(8)9(2)21-13-15-14-12(7-18)16(13)3/h4-6,9,18H,7H2,1-3H3/t9-/m1/s1. The van der Waals surface area contributed by atoms with Gasteiger partial charge in [-0.1, -0.05) is 17.8 Å². The molecule has 0 unspecified atom stereocenters. The maximum Gasteiger partial charge on any atom is 0.269 e. The molecule has 21 heavy (non-hydrogen) atoms. The van der Waals surface area contributed by atoms with Crippen molar-refractivity contribution >= 4 is 17.4 Å². The lowest BCUT2D eigenvalue weighted by Gasteiger charge is -2.13. The minimum Gasteiger partial charge on any atom is -0.388 e. The van der Waals surface area contributed by atoms with Crippen molar-refractivity contribution in [1.82, 2.24) is 14.8 Å². The molecule has 2 rings (SSSR count). The molecule has 2 aromatic rings. The van der Waals surface area contributed by atoms with Crippen molar-refractivity contribution in [2.75, 3.05) is 0 Å². The maximum atomic E-state index is 10.9. The Labute approximate surface area is 126 Å². The van der Waals surface area contributed by atoms with Crippen molar-refractivity contribution in [2.24, 2.45) is 7.05 Å². The highest BCUT2D eigenvalue weighted by molar-refractivity contribution is 7.99. The molecule has 7 nitrogen and oxygen atoms in total. The number of non-ortho nitro benzene ring substituents is 1. The van der Waals surface area contributed by atoms with E-state index in [4.69, 9.17) is 5.11 Å². The van der Waals surface area contributed by atoms with Crippen LogP contribution in [0.3, 0.4) is 0 Å². The van der Waals surface area contributed by atoms with Crippen molar-refractivity contribution < 1.29 is 10.0 Å². The van der Waals surface area contributed by atoms with E-state index >= 15 is 0 Å². The molecule has 1 N–H and O–H groups in total. The zero-order chi connectivity index (χ0) is 15.6. The van der Waals surface area contributed by atoms with Crippen molar-refractivity contribution in [1.29, 1.82) is 0 Å². The van der Waals surface area contributed by atoms with Crippen LogP contribution in [0.2, 0.25) is 0 Å². The van der Waals surface area contributed by atoms with Gasteiger partial charge in [-0.05, 0) is 25.0 Å². The van der Waals surface area contributed by atoms with Crippen LogP contribution in [0.25, 0.3) is 0 Å². The molecule has 0 fully saturated rings. The second-order valence-corrected chi connectivity index (χ2v) is 5.98. The van der Waals surface area contributed by atoms with Gasteiger partial charge in [0.1, 0.15) is 6.61 Å². The highest BCUT2D eigenvalue weighted by atomic mass is 32.2. The number of hydrogen-bond donors (Lipinski definition) is 1. The number of thioether (sulfide) groups is 1. The number of aryl methyl sites for hydroxylation is 1. The predicted molar refractivity (Wildman–Crippen MR) is 79.0 cm³/mol. The second kappa shape index (κ2) is 6.23. The normalized spacial score (nSPS) is 12.4. The Bertz CT molecular complexity index is 671. The van der Waals surface area contributed by atoms with E-state index in [1.165, 1.54) is 17.8 Å². The second-order valence-electron chi connectivity index (χ2n) is 4.67. The third-order valence-electron chi connectivity index (χ3n) is 3.26. The van der Waals surface area contributed by atoms with Crippen LogP contribution < -0.4 is 0 Å². The van der Waals surface area contributed by atoms with E-state index in [2.05, 4.69) is 10.2 Å². The number of rotatable bonds is 5. The average Bonchev–Trinajstić information content (AvgIpc) is 2.79. The Morgan fingerprint density at radius 3 is 2.76 bits per heavy atom. The molecule has 0 saturated carbocycles. The van der Waals surface area contributed by atoms with Gasteiger partial charge in [0.15, 0.2) is 11.0 Å². The lowest BCUT2D eigenvalue weighted by atomic mass is 10.1. The zero-order valence-electron chi connectivity index (χ0n) is 12.0. The van der Waals surface area contributed by atoms with E-state index in [1.54, 1.807) is 23.7 Å². The fourth-order valence-corrected chi connectivity index (χ4v) is 3.03. The van der Waals surface area contributed by atoms with E-state index in [-0.39, 0.29) is 17.5 Å². The summed E-state index contributed by atoms with van der Waals surface area (Å²) in [4.78, 5) is 10.5. The summed E-state index contributed by atoms with van der Waals surface area (Å²) in [7, 11) is 1.78. The smallest absolute Gasteiger partial charge is 0.269 e. The van der Waals surface area contributed by atoms with Crippen LogP contribution in [0.15, 0.2) is 23.4 Å². The molecule has 8 heteroatoms. The summed E-state index contributed by atoms with van der Waals surface area (Å²) in [6.07, 6.45) is 0. The number of nitrogens with zero attached hydrogens (tertiary/aromatic N) is 4. The fraction of sp³-hybridized carbons (Fsp3) is 0.385. The molecule has 0 spiro atoms. The molecule has 1 aromatic heterocycles. The number of aliphatic hydroxyl groups excluding tert-OH is 1. The number of nitro benzene ring substituents is 1. The molecule has 1 atom stereocenters. The van der Waals surface area contributed by atoms with Gasteiger partial charge >= 0.3 is 0 Å². The van der Waals surface area contributed by atoms with Gasteiger partial charge in [0.05, 0.1) is 4.92 Å². The summed E-state index contributed by atoms with van der Waals surface area (Å²) in [6.45, 7) is 3.71. The maximum absolute atomic E-state index is 10.9. The van der Waals surface area contributed by atoms with Gasteiger partial charge in [-0.3, -0.25) is 10.1 Å². The zero-order valence-corrected chi connectivity index (χ0v) is 12.8. The molecular weight excluding hydrogens is 292 g/mol. The molecular formula is C13H16N4O3S. The van der Waals surface area contributed by atoms with Gasteiger partial charge in [-0.15, -0.1) is 10.2 Å². The third kappa shape index (κ3) is 3.22. The van der Waals surface area contributed by atoms with Gasteiger partial charge in [-0.25, -0.2) is 0 Å². The summed E-state index contributed by atoms with van der Waals surface area (Å²) in [5.74, 6) is 0.487. The summed E-state index contributed by atoms with van der Waals surface area (Å²) in [6, 6.07) is 4.85. The molecule has 0 aliphatic carbocycles. The van der Waals surface area contributed by atoms with Gasteiger partial charge < -0.3 is 9.67 Å². The van der Waals surface area contributed by atoms with E-state index < -0.39 is 4.92 Å². The van der Waals surface area contributed by atoms with E-state index in [0.717, 1.165) is 11.1 Å². The number of aliphatic hydroxyl groups is 1. The van der Waals surface area contributed by atoms with E-state index in [0.29, 0.717) is 11.0 Å². The first kappa shape index (κ1) is 15.5. The highest BCUT2D eigenvalue weighted by Gasteiger charge is 2.18. The van der Waals surface area contributed by atoms with Crippen LogP contribution in [0, 0.1) is 17.0 Å². The number of benzene rings is 1. The van der Waals surface area contributed by atoms with Crippen LogP contribution >= 0.6 is 11.8 Å². The lowest BCUT2D eigenvalue weighted by Crippen LogP contribution is -2.01. The molecule has 0 aliphatic rings. The monoisotopic (exact) mass is 308 g/mol. The quantitative estimate of drug-likeness (QED) is 0.518. The highest BCUT2D eigenvalue weighted by Crippen LogP contribution is 2.36. The van der Waals surface area contributed by atoms with Crippen LogP contribution in [-0.2, 0) is 13.7 Å². The van der Waals surface area contributed by atoms with Crippen LogP contribution in [0.1, 0.15) is 29.1 Å². The molecule has 0 aliphatic heterocycles. The molecule has 0 amide bonds. The molecule has 0 saturated heterocycles. The fourth-order valence-electron chi connectivity index (χ4n) is 1.99. The molecule has 1 aromatic carbocycles. The number of aromatic nitrogens is 3. The van der Waals surface area contributed by atoms with Crippen molar-refractivity contribution in [2.45, 2.75) is 30.9 Å². The average molecular weight is 308 g/mol. The van der Waals surface area contributed by atoms with Gasteiger partial charge in [0.25, 0.3) is 5.69 Å². The minimum atomic E-state index is -0.396. The number of nitro groups is 1. The van der Waals surface area contributed by atoms with Crippen molar-refractivity contribution in [3.8, 4) is 0 Å². The Kier molecular flexibility index (Phi) is 4.59. The van der Waals surface area contributed by atoms with Gasteiger partial charge in [0, 0.05) is 24.4 Å². The van der Waals surface area contributed by atoms with Gasteiger partial charge in [-0.2, -0.15) is 0 Å². The lowest BCUT2D eigenvalue weighted by molar-refractivity contribution is -0.384. The van der Waals surface area contributed by atoms with Crippen molar-refractivity contribution in [3.05, 3.63) is 45.3 Å². The topological polar surface area (TPSA) is 94.1 Å². The minimum absolute atomic E-state index is 0.0145. The van der Waals surface area contributed by atoms with Crippen molar-refractivity contribution in [3.63, 3.8) is 0 Å². The largest absolute Gasteiger partial charge is 0.388 e. The predicted octanol–water partition coefficient (Wildman–Crippen LogP) is 2.38. The Morgan fingerprint density at radius 1 is 1.48 bits per heavy atom. The molecule has 0 bridgehead atoms. The third-order valence-corrected chi connectivity index (χ3v) is 4.43. The first-order valence-electron chi connectivity index (χ1n) is 6.34. The Balaban J connectivity index is 2.27. The molecule has 0 radical (unpaired) electrons. The number of hydrogen-bond acceptors (Lipinski definition) is 6. The Morgan fingerprint density at radius 2 is 2.19 bits per heavy atom. The first-order chi connectivity index (χ1) is 9.93. The Hall–Kier alpha value is -1.93. The van der Waals surface area contributed by atoms with Crippen LogP contribution in [0.5, 0.6) is 0 Å². The summed E-state index contributed by atoms with van der Waals surface area (Å²) in [5.41, 5.74) is 1.96. The van der Waals surface area contributed by atoms with Crippen LogP contribution in [0.4, 0.5) is 5.69 Å². The summed E-state index contributed by atoms with van der Waals surface area (Å²) in [5, 5.41) is 28.6. The first-order valence-corrected chi connectivity index (χ1v) is 7.22. The summed E-state index contributed by atoms with van der Waals surface area (Å²) < 4.78 is 1.72. The van der Waals surface area contributed by atoms with Gasteiger partial charge in [0.2, 0.25) is 0 Å². The summed E-state index contributed by atoms with van der Waals surface area (Å²) >= 11 is 1.45. The molecule has 1 heterocycles. The van der Waals surface area contributed by atoms with E-state index in [9.17, 15) is 10.1 Å². The van der Waals surface area contributed by atoms with E-state index in [1.807, 2.05) is 13.8 Å². The molecule has 112 valence electrons. The SMILES string of the molecule is Cc1ccc([N+](=O)[O-])cc1[C@@H](C)Sc1nnc(CO)n1C.